The molecule has 0 aromatic rings. The first-order chi connectivity index (χ1) is 8.72. The van der Waals surface area contributed by atoms with Gasteiger partial charge in [-0.25, -0.2) is 0 Å². The molecule has 2 bridgehead atoms. The molecule has 3 aliphatic rings. The Morgan fingerprint density at radius 2 is 1.67 bits per heavy atom. The highest BCUT2D eigenvalue weighted by atomic mass is 16.5. The van der Waals surface area contributed by atoms with Crippen molar-refractivity contribution < 1.29 is 19.4 Å². The Morgan fingerprint density at radius 1 is 1.06 bits per heavy atom. The number of hydrogen-bond acceptors (Lipinski definition) is 4. The van der Waals surface area contributed by atoms with Crippen LogP contribution in [0.3, 0.4) is 0 Å². The number of amides is 2. The third-order valence-corrected chi connectivity index (χ3v) is 4.48. The Hall–Kier alpha value is -0.940. The Bertz CT molecular complexity index is 348. The van der Waals surface area contributed by atoms with Crippen LogP contribution < -0.4 is 0 Å². The fraction of sp³-hybridized carbons (Fsp3) is 0.846. The minimum absolute atomic E-state index is 0.0455. The maximum absolute atomic E-state index is 12.3. The summed E-state index contributed by atoms with van der Waals surface area (Å²) in [5.74, 6) is -0.317. The number of imide groups is 1. The third-order valence-electron chi connectivity index (χ3n) is 4.48. The number of rotatable bonds is 2. The van der Waals surface area contributed by atoms with Crippen molar-refractivity contribution in [3.63, 3.8) is 0 Å². The first kappa shape index (κ1) is 12.1. The fourth-order valence-electron chi connectivity index (χ4n) is 3.49. The number of aliphatic hydroxyl groups is 1. The van der Waals surface area contributed by atoms with Gasteiger partial charge in [-0.1, -0.05) is 12.8 Å². The van der Waals surface area contributed by atoms with Crippen LogP contribution in [-0.4, -0.2) is 46.7 Å². The number of aliphatic hydroxyl groups excluding tert-OH is 1. The maximum atomic E-state index is 12.3. The molecule has 0 radical (unpaired) electrons. The van der Waals surface area contributed by atoms with E-state index in [1.165, 1.54) is 4.90 Å². The summed E-state index contributed by atoms with van der Waals surface area (Å²) >= 11 is 0. The molecule has 0 aromatic carbocycles. The lowest BCUT2D eigenvalue weighted by Gasteiger charge is -2.41. The average molecular weight is 253 g/mol. The molecule has 1 saturated carbocycles. The van der Waals surface area contributed by atoms with Crippen molar-refractivity contribution in [2.24, 2.45) is 5.92 Å². The summed E-state index contributed by atoms with van der Waals surface area (Å²) in [6.45, 7) is 0.0535. The number of carbonyl (C=O) groups excluding carboxylic acids is 2. The topological polar surface area (TPSA) is 66.8 Å². The predicted molar refractivity (Wildman–Crippen MR) is 62.6 cm³/mol. The minimum atomic E-state index is -0.422. The van der Waals surface area contributed by atoms with Crippen LogP contribution in [0, 0.1) is 5.92 Å². The molecule has 3 fully saturated rings. The number of carbonyl (C=O) groups is 2. The van der Waals surface area contributed by atoms with E-state index in [4.69, 9.17) is 4.74 Å². The number of hydrogen-bond donors (Lipinski definition) is 1. The molecule has 5 nitrogen and oxygen atoms in total. The van der Waals surface area contributed by atoms with E-state index in [0.717, 1.165) is 25.7 Å². The van der Waals surface area contributed by atoms with Crippen LogP contribution >= 0.6 is 0 Å². The number of ether oxygens (including phenoxy) is 1. The molecule has 5 heteroatoms. The van der Waals surface area contributed by atoms with Gasteiger partial charge in [-0.15, -0.1) is 0 Å². The van der Waals surface area contributed by atoms with Gasteiger partial charge in [0.1, 0.15) is 12.2 Å². The van der Waals surface area contributed by atoms with Gasteiger partial charge in [0.15, 0.2) is 0 Å². The molecule has 2 amide bonds. The van der Waals surface area contributed by atoms with Gasteiger partial charge < -0.3 is 9.84 Å². The lowest BCUT2D eigenvalue weighted by atomic mass is 9.83. The van der Waals surface area contributed by atoms with Crippen LogP contribution in [0.25, 0.3) is 0 Å². The molecule has 0 aromatic heterocycles. The summed E-state index contributed by atoms with van der Waals surface area (Å²) < 4.78 is 5.41. The van der Waals surface area contributed by atoms with Crippen molar-refractivity contribution in [3.05, 3.63) is 0 Å². The summed E-state index contributed by atoms with van der Waals surface area (Å²) in [6, 6.07) is -0.115. The van der Waals surface area contributed by atoms with E-state index in [-0.39, 0.29) is 30.4 Å². The average Bonchev–Trinajstić information content (AvgIpc) is 2.84. The molecule has 0 spiro atoms. The molecule has 1 N–H and O–H groups in total. The van der Waals surface area contributed by atoms with Crippen LogP contribution in [0.4, 0.5) is 0 Å². The highest BCUT2D eigenvalue weighted by Gasteiger charge is 2.50. The van der Waals surface area contributed by atoms with Crippen molar-refractivity contribution >= 4 is 11.8 Å². The standard InChI is InChI=1S/C13H19NO4/c15-7-8-3-1-2-4-9(8)14-12(16)10-5-6-11(18-10)13(14)17/h8-11,15H,1-7H2. The highest BCUT2D eigenvalue weighted by Crippen LogP contribution is 2.35. The van der Waals surface area contributed by atoms with Crippen LogP contribution in [0.15, 0.2) is 0 Å². The third kappa shape index (κ3) is 1.77. The fourth-order valence-corrected chi connectivity index (χ4v) is 3.49. The van der Waals surface area contributed by atoms with Crippen LogP contribution in [0.1, 0.15) is 38.5 Å². The summed E-state index contributed by atoms with van der Waals surface area (Å²) in [7, 11) is 0. The van der Waals surface area contributed by atoms with Gasteiger partial charge in [0, 0.05) is 18.6 Å². The van der Waals surface area contributed by atoms with Gasteiger partial charge in [0.05, 0.1) is 0 Å². The Labute approximate surface area is 106 Å². The number of fused-ring (bicyclic) bond motifs is 2. The van der Waals surface area contributed by atoms with E-state index in [1.807, 2.05) is 0 Å². The van der Waals surface area contributed by atoms with E-state index < -0.39 is 12.2 Å². The number of nitrogens with zero attached hydrogens (tertiary/aromatic N) is 1. The zero-order valence-corrected chi connectivity index (χ0v) is 10.4. The highest BCUT2D eigenvalue weighted by molar-refractivity contribution is 6.02. The second kappa shape index (κ2) is 4.63. The molecular weight excluding hydrogens is 234 g/mol. The van der Waals surface area contributed by atoms with E-state index in [9.17, 15) is 14.7 Å². The monoisotopic (exact) mass is 253 g/mol. The van der Waals surface area contributed by atoms with Gasteiger partial charge in [-0.3, -0.25) is 14.5 Å². The molecule has 2 heterocycles. The van der Waals surface area contributed by atoms with Gasteiger partial charge in [-0.2, -0.15) is 0 Å². The van der Waals surface area contributed by atoms with Crippen molar-refractivity contribution in [3.8, 4) is 0 Å². The van der Waals surface area contributed by atoms with Crippen molar-refractivity contribution in [2.45, 2.75) is 56.8 Å². The Kier molecular flexibility index (Phi) is 3.11. The van der Waals surface area contributed by atoms with Gasteiger partial charge in [0.2, 0.25) is 0 Å². The molecule has 1 aliphatic carbocycles. The van der Waals surface area contributed by atoms with E-state index in [2.05, 4.69) is 0 Å². The minimum Gasteiger partial charge on any atom is -0.396 e. The quantitative estimate of drug-likeness (QED) is 0.726. The molecule has 18 heavy (non-hydrogen) atoms. The molecule has 4 atom stereocenters. The van der Waals surface area contributed by atoms with Gasteiger partial charge in [-0.05, 0) is 25.7 Å². The summed E-state index contributed by atoms with van der Waals surface area (Å²) in [4.78, 5) is 25.9. The Balaban J connectivity index is 1.85. The SMILES string of the molecule is O=C1C2CCC(O2)C(=O)N1C1CCCCC1CO. The maximum Gasteiger partial charge on any atom is 0.258 e. The second-order valence-electron chi connectivity index (χ2n) is 5.53. The second-order valence-corrected chi connectivity index (χ2v) is 5.53. The summed E-state index contributed by atoms with van der Waals surface area (Å²) in [5.41, 5.74) is 0. The lowest BCUT2D eigenvalue weighted by Crippen LogP contribution is -2.58. The van der Waals surface area contributed by atoms with Crippen molar-refractivity contribution in [2.75, 3.05) is 6.61 Å². The molecule has 4 unspecified atom stereocenters. The van der Waals surface area contributed by atoms with Crippen LogP contribution in [0.2, 0.25) is 0 Å². The first-order valence-corrected chi connectivity index (χ1v) is 6.85. The van der Waals surface area contributed by atoms with Crippen LogP contribution in [-0.2, 0) is 14.3 Å². The van der Waals surface area contributed by atoms with E-state index >= 15 is 0 Å². The van der Waals surface area contributed by atoms with Crippen molar-refractivity contribution in [1.29, 1.82) is 0 Å². The normalized spacial score (nSPS) is 40.4. The summed E-state index contributed by atoms with van der Waals surface area (Å²) in [5, 5.41) is 9.43. The number of morpholine rings is 1. The van der Waals surface area contributed by atoms with Gasteiger partial charge in [0.25, 0.3) is 11.8 Å². The van der Waals surface area contributed by atoms with E-state index in [0.29, 0.717) is 12.8 Å². The zero-order chi connectivity index (χ0) is 12.7. The Morgan fingerprint density at radius 3 is 2.28 bits per heavy atom. The van der Waals surface area contributed by atoms with Gasteiger partial charge >= 0.3 is 0 Å². The molecule has 3 rings (SSSR count). The predicted octanol–water partition coefficient (Wildman–Crippen LogP) is 0.454. The van der Waals surface area contributed by atoms with Crippen LogP contribution in [0.5, 0.6) is 0 Å². The molecule has 2 saturated heterocycles. The molecule has 100 valence electrons. The van der Waals surface area contributed by atoms with Crippen molar-refractivity contribution in [1.82, 2.24) is 4.90 Å². The largest absolute Gasteiger partial charge is 0.396 e. The molecule has 2 aliphatic heterocycles. The number of likely N-dealkylation sites (tertiary alicyclic amines) is 1. The molecular formula is C13H19NO4. The zero-order valence-electron chi connectivity index (χ0n) is 10.4. The first-order valence-electron chi connectivity index (χ1n) is 6.85. The van der Waals surface area contributed by atoms with E-state index in [1.54, 1.807) is 0 Å². The summed E-state index contributed by atoms with van der Waals surface area (Å²) in [6.07, 6.45) is 4.28. The lowest BCUT2D eigenvalue weighted by molar-refractivity contribution is -0.174. The smallest absolute Gasteiger partial charge is 0.258 e.